The molecule has 3 rings (SSSR count). The molecule has 2 fully saturated rings. The first-order chi connectivity index (χ1) is 7.83. The number of piperidine rings is 1. The molecule has 2 nitrogen and oxygen atoms in total. The average molecular weight is 220 g/mol. The highest BCUT2D eigenvalue weighted by Crippen LogP contribution is 2.35. The van der Waals surface area contributed by atoms with Crippen LogP contribution in [0.1, 0.15) is 12.8 Å². The fourth-order valence-corrected chi connectivity index (χ4v) is 3.06. The molecule has 0 amide bonds. The van der Waals surface area contributed by atoms with Gasteiger partial charge in [-0.1, -0.05) is 0 Å². The normalized spacial score (nSPS) is 32.7. The van der Waals surface area contributed by atoms with E-state index < -0.39 is 0 Å². The number of benzene rings is 1. The van der Waals surface area contributed by atoms with Gasteiger partial charge in [0.25, 0.3) is 0 Å². The van der Waals surface area contributed by atoms with Crippen LogP contribution in [0.4, 0.5) is 10.1 Å². The summed E-state index contributed by atoms with van der Waals surface area (Å²) in [7, 11) is 0. The second-order valence-electron chi connectivity index (χ2n) is 4.93. The molecule has 1 aliphatic heterocycles. The molecule has 2 aliphatic rings. The van der Waals surface area contributed by atoms with Crippen molar-refractivity contribution in [1.29, 1.82) is 0 Å². The fraction of sp³-hybridized carbons (Fsp3) is 0.538. The minimum atomic E-state index is -0.168. The Morgan fingerprint density at radius 3 is 2.31 bits per heavy atom. The van der Waals surface area contributed by atoms with Gasteiger partial charge in [0, 0.05) is 11.7 Å². The number of hydrogen-bond donors (Lipinski definition) is 2. The van der Waals surface area contributed by atoms with E-state index in [2.05, 4.69) is 10.6 Å². The van der Waals surface area contributed by atoms with E-state index in [1.54, 1.807) is 0 Å². The van der Waals surface area contributed by atoms with E-state index >= 15 is 0 Å². The van der Waals surface area contributed by atoms with Crippen molar-refractivity contribution >= 4 is 5.69 Å². The van der Waals surface area contributed by atoms with E-state index in [1.807, 2.05) is 12.1 Å². The molecule has 3 atom stereocenters. The molecule has 1 saturated carbocycles. The predicted molar refractivity (Wildman–Crippen MR) is 62.9 cm³/mol. The summed E-state index contributed by atoms with van der Waals surface area (Å²) in [5, 5.41) is 7.04. The van der Waals surface area contributed by atoms with Gasteiger partial charge in [-0.15, -0.1) is 0 Å². The van der Waals surface area contributed by atoms with Crippen LogP contribution >= 0.6 is 0 Å². The molecule has 1 saturated heterocycles. The molecule has 2 N–H and O–H groups in total. The molecule has 0 aromatic heterocycles. The maximum atomic E-state index is 12.8. The molecular weight excluding hydrogens is 203 g/mol. The first-order valence-electron chi connectivity index (χ1n) is 6.06. The number of hydrogen-bond acceptors (Lipinski definition) is 2. The lowest BCUT2D eigenvalue weighted by atomic mass is 9.93. The van der Waals surface area contributed by atoms with Crippen LogP contribution in [0.5, 0.6) is 0 Å². The zero-order valence-electron chi connectivity index (χ0n) is 9.25. The highest BCUT2D eigenvalue weighted by molar-refractivity contribution is 5.44. The summed E-state index contributed by atoms with van der Waals surface area (Å²) in [5.74, 6) is 1.31. The summed E-state index contributed by atoms with van der Waals surface area (Å²) in [6.45, 7) is 2.24. The molecule has 1 unspecified atom stereocenters. The SMILES string of the molecule is Fc1ccc(NC2[C@@H]3CC[C@H]2CNC3)cc1. The Hall–Kier alpha value is -1.09. The Balaban J connectivity index is 1.72. The average Bonchev–Trinajstić information content (AvgIpc) is 2.52. The third kappa shape index (κ3) is 1.80. The van der Waals surface area contributed by atoms with Crippen molar-refractivity contribution in [3.8, 4) is 0 Å². The summed E-state index contributed by atoms with van der Waals surface area (Å²) in [6, 6.07) is 7.27. The lowest BCUT2D eigenvalue weighted by molar-refractivity contribution is 0.342. The van der Waals surface area contributed by atoms with Crippen LogP contribution in [-0.4, -0.2) is 19.1 Å². The van der Waals surface area contributed by atoms with Gasteiger partial charge in [0.2, 0.25) is 0 Å². The van der Waals surface area contributed by atoms with Crippen molar-refractivity contribution < 1.29 is 4.39 Å². The van der Waals surface area contributed by atoms with Crippen LogP contribution in [0.15, 0.2) is 24.3 Å². The highest BCUT2D eigenvalue weighted by Gasteiger charge is 2.38. The van der Waals surface area contributed by atoms with Crippen LogP contribution in [0, 0.1) is 17.7 Å². The van der Waals surface area contributed by atoms with E-state index in [0.29, 0.717) is 6.04 Å². The Kier molecular flexibility index (Phi) is 2.56. The van der Waals surface area contributed by atoms with E-state index in [-0.39, 0.29) is 5.82 Å². The number of fused-ring (bicyclic) bond motifs is 2. The molecule has 86 valence electrons. The molecular formula is C13H17FN2. The standard InChI is InChI=1S/C13H17FN2/c14-11-3-5-12(6-4-11)16-13-9-1-2-10(13)8-15-7-9/h3-6,9-10,13,15-16H,1-2,7-8H2/t9-,10+,13?. The van der Waals surface area contributed by atoms with Crippen molar-refractivity contribution in [3.63, 3.8) is 0 Å². The van der Waals surface area contributed by atoms with Crippen LogP contribution < -0.4 is 10.6 Å². The van der Waals surface area contributed by atoms with Crippen LogP contribution in [0.2, 0.25) is 0 Å². The second kappa shape index (κ2) is 4.06. The molecule has 2 bridgehead atoms. The summed E-state index contributed by atoms with van der Waals surface area (Å²) >= 11 is 0. The Morgan fingerprint density at radius 2 is 1.69 bits per heavy atom. The third-order valence-electron chi connectivity index (χ3n) is 3.91. The topological polar surface area (TPSA) is 24.1 Å². The molecule has 1 aromatic carbocycles. The van der Waals surface area contributed by atoms with Crippen molar-refractivity contribution in [3.05, 3.63) is 30.1 Å². The fourth-order valence-electron chi connectivity index (χ4n) is 3.06. The molecule has 1 aliphatic carbocycles. The molecule has 1 aromatic rings. The number of anilines is 1. The summed E-state index contributed by atoms with van der Waals surface area (Å²) in [5.41, 5.74) is 1.05. The maximum Gasteiger partial charge on any atom is 0.123 e. The molecule has 0 radical (unpaired) electrons. The maximum absolute atomic E-state index is 12.8. The van der Waals surface area contributed by atoms with Gasteiger partial charge in [-0.05, 0) is 62.0 Å². The van der Waals surface area contributed by atoms with Crippen LogP contribution in [0.25, 0.3) is 0 Å². The lowest BCUT2D eigenvalue weighted by Crippen LogP contribution is -2.45. The van der Waals surface area contributed by atoms with Crippen molar-refractivity contribution in [2.45, 2.75) is 18.9 Å². The van der Waals surface area contributed by atoms with E-state index in [4.69, 9.17) is 0 Å². The van der Waals surface area contributed by atoms with Crippen molar-refractivity contribution in [1.82, 2.24) is 5.32 Å². The van der Waals surface area contributed by atoms with Crippen LogP contribution in [-0.2, 0) is 0 Å². The predicted octanol–water partition coefficient (Wildman–Crippen LogP) is 2.24. The monoisotopic (exact) mass is 220 g/mol. The summed E-state index contributed by atoms with van der Waals surface area (Å²) < 4.78 is 12.8. The first kappa shape index (κ1) is 10.1. The van der Waals surface area contributed by atoms with Gasteiger partial charge in [0.05, 0.1) is 0 Å². The Bertz CT molecular complexity index is 347. The van der Waals surface area contributed by atoms with Crippen molar-refractivity contribution in [2.24, 2.45) is 11.8 Å². The second-order valence-corrected chi connectivity index (χ2v) is 4.93. The smallest absolute Gasteiger partial charge is 0.123 e. The molecule has 1 heterocycles. The van der Waals surface area contributed by atoms with Gasteiger partial charge in [-0.3, -0.25) is 0 Å². The number of halogens is 1. The number of nitrogens with one attached hydrogen (secondary N) is 2. The highest BCUT2D eigenvalue weighted by atomic mass is 19.1. The zero-order chi connectivity index (χ0) is 11.0. The van der Waals surface area contributed by atoms with Gasteiger partial charge < -0.3 is 10.6 Å². The molecule has 3 heteroatoms. The summed E-state index contributed by atoms with van der Waals surface area (Å²) in [4.78, 5) is 0. The molecule has 16 heavy (non-hydrogen) atoms. The Morgan fingerprint density at radius 1 is 1.06 bits per heavy atom. The molecule has 0 spiro atoms. The van der Waals surface area contributed by atoms with Gasteiger partial charge in [0.1, 0.15) is 5.82 Å². The van der Waals surface area contributed by atoms with Crippen LogP contribution in [0.3, 0.4) is 0 Å². The number of rotatable bonds is 2. The zero-order valence-corrected chi connectivity index (χ0v) is 9.25. The quantitative estimate of drug-likeness (QED) is 0.798. The van der Waals surface area contributed by atoms with Gasteiger partial charge in [0.15, 0.2) is 0 Å². The lowest BCUT2D eigenvalue weighted by Gasteiger charge is -2.32. The van der Waals surface area contributed by atoms with Gasteiger partial charge in [-0.2, -0.15) is 0 Å². The van der Waals surface area contributed by atoms with Gasteiger partial charge in [-0.25, -0.2) is 4.39 Å². The minimum absolute atomic E-state index is 0.168. The summed E-state index contributed by atoms with van der Waals surface area (Å²) in [6.07, 6.45) is 2.63. The minimum Gasteiger partial charge on any atom is -0.382 e. The van der Waals surface area contributed by atoms with E-state index in [9.17, 15) is 4.39 Å². The van der Waals surface area contributed by atoms with E-state index in [0.717, 1.165) is 30.6 Å². The van der Waals surface area contributed by atoms with E-state index in [1.165, 1.54) is 25.0 Å². The Labute approximate surface area is 95.2 Å². The first-order valence-corrected chi connectivity index (χ1v) is 6.06. The third-order valence-corrected chi connectivity index (χ3v) is 3.91. The largest absolute Gasteiger partial charge is 0.382 e. The van der Waals surface area contributed by atoms with Gasteiger partial charge >= 0.3 is 0 Å². The van der Waals surface area contributed by atoms with Crippen molar-refractivity contribution in [2.75, 3.05) is 18.4 Å².